The summed E-state index contributed by atoms with van der Waals surface area (Å²) in [7, 11) is -3.40. The highest BCUT2D eigenvalue weighted by atomic mass is 35.5. The molecule has 2 atom stereocenters. The molecule has 1 amide bonds. The Labute approximate surface area is 183 Å². The van der Waals surface area contributed by atoms with Gasteiger partial charge in [0.25, 0.3) is 0 Å². The Hall–Kier alpha value is -1.89. The van der Waals surface area contributed by atoms with E-state index in [0.29, 0.717) is 24.5 Å². The molecule has 1 saturated carbocycles. The lowest BCUT2D eigenvalue weighted by Gasteiger charge is -2.50. The van der Waals surface area contributed by atoms with Gasteiger partial charge in [-0.1, -0.05) is 66.9 Å². The molecule has 0 aromatic heterocycles. The van der Waals surface area contributed by atoms with Crippen LogP contribution in [0.1, 0.15) is 43.2 Å². The van der Waals surface area contributed by atoms with Crippen molar-refractivity contribution in [2.75, 3.05) is 5.75 Å². The summed E-state index contributed by atoms with van der Waals surface area (Å²) in [5.41, 5.74) is 1.26. The first-order valence-corrected chi connectivity index (χ1v) is 12.5. The number of hydrogen-bond acceptors (Lipinski definition) is 3. The van der Waals surface area contributed by atoms with Gasteiger partial charge in [-0.2, -0.15) is 4.31 Å². The first kappa shape index (κ1) is 21.3. The Morgan fingerprint density at radius 1 is 1.03 bits per heavy atom. The topological polar surface area (TPSA) is 66.5 Å². The largest absolute Gasteiger partial charge is 0.351 e. The van der Waals surface area contributed by atoms with Crippen LogP contribution in [0.3, 0.4) is 0 Å². The highest BCUT2D eigenvalue weighted by Crippen LogP contribution is 2.47. The first-order valence-electron chi connectivity index (χ1n) is 10.5. The molecule has 1 aliphatic heterocycles. The molecule has 30 heavy (non-hydrogen) atoms. The summed E-state index contributed by atoms with van der Waals surface area (Å²) in [6.07, 6.45) is 3.73. The second kappa shape index (κ2) is 8.69. The van der Waals surface area contributed by atoms with Gasteiger partial charge in [0, 0.05) is 24.2 Å². The number of amides is 1. The highest BCUT2D eigenvalue weighted by molar-refractivity contribution is 7.89. The first-order chi connectivity index (χ1) is 14.4. The molecule has 1 saturated heterocycles. The summed E-state index contributed by atoms with van der Waals surface area (Å²) in [5, 5.41) is 3.74. The third-order valence-corrected chi connectivity index (χ3v) is 8.57. The van der Waals surface area contributed by atoms with Gasteiger partial charge in [0.2, 0.25) is 15.9 Å². The summed E-state index contributed by atoms with van der Waals surface area (Å²) in [5.74, 6) is -0.0138. The van der Waals surface area contributed by atoms with Gasteiger partial charge in [0.05, 0.1) is 11.2 Å². The molecule has 1 heterocycles. The SMILES string of the molecule is O=C(NCc1ccc(Cl)cc1)[C@@]12CCCC[C@H]1N(Cc1ccccc1)S(=O)(=O)CC2. The number of fused-ring (bicyclic) bond motifs is 1. The zero-order valence-electron chi connectivity index (χ0n) is 16.9. The molecule has 2 aromatic carbocycles. The van der Waals surface area contributed by atoms with Crippen LogP contribution < -0.4 is 5.32 Å². The van der Waals surface area contributed by atoms with E-state index in [-0.39, 0.29) is 17.7 Å². The van der Waals surface area contributed by atoms with E-state index in [2.05, 4.69) is 5.32 Å². The van der Waals surface area contributed by atoms with Crippen LogP contribution in [-0.4, -0.2) is 30.4 Å². The van der Waals surface area contributed by atoms with Crippen LogP contribution in [0.4, 0.5) is 0 Å². The summed E-state index contributed by atoms with van der Waals surface area (Å²) >= 11 is 5.95. The number of rotatable bonds is 5. The Bertz CT molecular complexity index is 995. The van der Waals surface area contributed by atoms with E-state index in [1.807, 2.05) is 42.5 Å². The molecule has 160 valence electrons. The number of halogens is 1. The quantitative estimate of drug-likeness (QED) is 0.751. The lowest BCUT2D eigenvalue weighted by Crippen LogP contribution is -2.62. The van der Waals surface area contributed by atoms with E-state index in [4.69, 9.17) is 11.6 Å². The van der Waals surface area contributed by atoms with Crippen LogP contribution in [0.5, 0.6) is 0 Å². The second-order valence-electron chi connectivity index (χ2n) is 8.32. The summed E-state index contributed by atoms with van der Waals surface area (Å²) in [4.78, 5) is 13.4. The monoisotopic (exact) mass is 446 g/mol. The van der Waals surface area contributed by atoms with Crippen molar-refractivity contribution in [3.8, 4) is 0 Å². The molecule has 0 spiro atoms. The molecule has 2 aliphatic rings. The molecule has 0 unspecified atom stereocenters. The fourth-order valence-corrected chi connectivity index (χ4v) is 6.89. The fourth-order valence-electron chi connectivity index (χ4n) is 4.87. The minimum absolute atomic E-state index is 0.0186. The third-order valence-electron chi connectivity index (χ3n) is 6.50. The number of carbonyl (C=O) groups excluding carboxylic acids is 1. The minimum atomic E-state index is -3.40. The van der Waals surface area contributed by atoms with Crippen molar-refractivity contribution in [1.82, 2.24) is 9.62 Å². The predicted molar refractivity (Wildman–Crippen MR) is 118 cm³/mol. The molecule has 4 rings (SSSR count). The predicted octanol–water partition coefficient (Wildman–Crippen LogP) is 4.12. The average molecular weight is 447 g/mol. The molecule has 1 N–H and O–H groups in total. The smallest absolute Gasteiger partial charge is 0.228 e. The zero-order valence-corrected chi connectivity index (χ0v) is 18.5. The van der Waals surface area contributed by atoms with Gasteiger partial charge in [0.15, 0.2) is 0 Å². The number of benzene rings is 2. The van der Waals surface area contributed by atoms with Crippen LogP contribution in [0.15, 0.2) is 54.6 Å². The van der Waals surface area contributed by atoms with Gasteiger partial charge in [-0.15, -0.1) is 0 Å². The molecule has 5 nitrogen and oxygen atoms in total. The third kappa shape index (κ3) is 4.27. The number of hydrogen-bond donors (Lipinski definition) is 1. The van der Waals surface area contributed by atoms with Crippen LogP contribution in [-0.2, 0) is 27.9 Å². The molecular weight excluding hydrogens is 420 g/mol. The van der Waals surface area contributed by atoms with Gasteiger partial charge in [-0.25, -0.2) is 8.42 Å². The zero-order chi connectivity index (χ0) is 21.2. The maximum Gasteiger partial charge on any atom is 0.228 e. The number of nitrogens with zero attached hydrogens (tertiary/aromatic N) is 1. The van der Waals surface area contributed by atoms with Crippen molar-refractivity contribution >= 4 is 27.5 Å². The van der Waals surface area contributed by atoms with Crippen molar-refractivity contribution in [1.29, 1.82) is 0 Å². The van der Waals surface area contributed by atoms with Crippen LogP contribution in [0.25, 0.3) is 0 Å². The molecule has 0 radical (unpaired) electrons. The van der Waals surface area contributed by atoms with Crippen LogP contribution >= 0.6 is 11.6 Å². The van der Waals surface area contributed by atoms with Gasteiger partial charge in [-0.3, -0.25) is 4.79 Å². The van der Waals surface area contributed by atoms with Gasteiger partial charge in [-0.05, 0) is 42.5 Å². The van der Waals surface area contributed by atoms with Gasteiger partial charge in [0.1, 0.15) is 0 Å². The Morgan fingerprint density at radius 2 is 1.77 bits per heavy atom. The molecular formula is C23H27ClN2O3S. The van der Waals surface area contributed by atoms with Crippen molar-refractivity contribution in [2.24, 2.45) is 5.41 Å². The van der Waals surface area contributed by atoms with Crippen molar-refractivity contribution in [3.05, 3.63) is 70.7 Å². The second-order valence-corrected chi connectivity index (χ2v) is 10.8. The molecule has 1 aliphatic carbocycles. The lowest BCUT2D eigenvalue weighted by atomic mass is 9.67. The van der Waals surface area contributed by atoms with Crippen molar-refractivity contribution in [2.45, 2.75) is 51.2 Å². The van der Waals surface area contributed by atoms with Crippen molar-refractivity contribution < 1.29 is 13.2 Å². The minimum Gasteiger partial charge on any atom is -0.351 e. The van der Waals surface area contributed by atoms with Gasteiger partial charge >= 0.3 is 0 Å². The normalized spacial score (nSPS) is 26.0. The summed E-state index contributed by atoms with van der Waals surface area (Å²) < 4.78 is 27.6. The number of nitrogens with one attached hydrogen (secondary N) is 1. The average Bonchev–Trinajstić information content (AvgIpc) is 2.76. The summed E-state index contributed by atoms with van der Waals surface area (Å²) in [6.45, 7) is 0.732. The van der Waals surface area contributed by atoms with E-state index in [9.17, 15) is 13.2 Å². The molecule has 2 aromatic rings. The maximum absolute atomic E-state index is 13.4. The van der Waals surface area contributed by atoms with Crippen molar-refractivity contribution in [3.63, 3.8) is 0 Å². The molecule has 7 heteroatoms. The Balaban J connectivity index is 1.58. The Morgan fingerprint density at radius 3 is 2.50 bits per heavy atom. The van der Waals surface area contributed by atoms with E-state index in [0.717, 1.165) is 36.8 Å². The van der Waals surface area contributed by atoms with Crippen LogP contribution in [0, 0.1) is 5.41 Å². The standard InChI is InChI=1S/C23H27ClN2O3S/c24-20-11-9-18(10-12-20)16-25-22(27)23-13-5-4-8-21(23)26(30(28,29)15-14-23)17-19-6-2-1-3-7-19/h1-3,6-7,9-12,21H,4-5,8,13-17H2,(H,25,27)/t21-,23-/m1/s1. The van der Waals surface area contributed by atoms with Crippen LogP contribution in [0.2, 0.25) is 5.02 Å². The Kier molecular flexibility index (Phi) is 6.19. The number of sulfonamides is 1. The summed E-state index contributed by atoms with van der Waals surface area (Å²) in [6, 6.07) is 16.7. The highest BCUT2D eigenvalue weighted by Gasteiger charge is 2.55. The van der Waals surface area contributed by atoms with E-state index in [1.165, 1.54) is 0 Å². The molecule has 2 fully saturated rings. The molecule has 0 bridgehead atoms. The van der Waals surface area contributed by atoms with E-state index in [1.54, 1.807) is 16.4 Å². The number of carbonyl (C=O) groups is 1. The lowest BCUT2D eigenvalue weighted by molar-refractivity contribution is -0.137. The maximum atomic E-state index is 13.4. The van der Waals surface area contributed by atoms with Gasteiger partial charge < -0.3 is 5.32 Å². The van der Waals surface area contributed by atoms with E-state index >= 15 is 0 Å². The fraction of sp³-hybridized carbons (Fsp3) is 0.435. The van der Waals surface area contributed by atoms with E-state index < -0.39 is 15.4 Å².